The summed E-state index contributed by atoms with van der Waals surface area (Å²) in [6, 6.07) is 12.4. The summed E-state index contributed by atoms with van der Waals surface area (Å²) in [6.45, 7) is 0. The van der Waals surface area contributed by atoms with E-state index in [1.807, 2.05) is 24.3 Å². The van der Waals surface area contributed by atoms with Crippen LogP contribution in [0.15, 0.2) is 41.6 Å². The van der Waals surface area contributed by atoms with Gasteiger partial charge in [-0.25, -0.2) is 0 Å². The largest absolute Gasteiger partial charge is 0.493 e. The number of benzene rings is 2. The van der Waals surface area contributed by atoms with E-state index in [9.17, 15) is 5.21 Å². The van der Waals surface area contributed by atoms with Gasteiger partial charge in [-0.2, -0.15) is 0 Å². The van der Waals surface area contributed by atoms with Crippen molar-refractivity contribution in [3.05, 3.63) is 56.7 Å². The van der Waals surface area contributed by atoms with Crippen LogP contribution in [0.3, 0.4) is 0 Å². The fourth-order valence-corrected chi connectivity index (χ4v) is 3.93. The number of aryl methyl sites for hydroxylation is 1. The Bertz CT molecular complexity index is 773. The number of fused-ring (bicyclic) bond motifs is 1. The first-order valence-electron chi connectivity index (χ1n) is 7.87. The van der Waals surface area contributed by atoms with Gasteiger partial charge in [-0.1, -0.05) is 23.4 Å². The van der Waals surface area contributed by atoms with Crippen molar-refractivity contribution < 1.29 is 14.7 Å². The Balaban J connectivity index is 2.06. The van der Waals surface area contributed by atoms with Crippen molar-refractivity contribution in [3.63, 3.8) is 0 Å². The Morgan fingerprint density at radius 3 is 2.50 bits per heavy atom. The lowest BCUT2D eigenvalue weighted by atomic mass is 9.78. The topological polar surface area (TPSA) is 51.0 Å². The van der Waals surface area contributed by atoms with Gasteiger partial charge >= 0.3 is 0 Å². The molecule has 1 aliphatic carbocycles. The number of rotatable bonds is 4. The first-order valence-corrected chi connectivity index (χ1v) is 8.94. The second-order valence-electron chi connectivity index (χ2n) is 5.85. The Hall–Kier alpha value is -1.76. The maximum absolute atomic E-state index is 9.49. The summed E-state index contributed by atoms with van der Waals surface area (Å²) in [6.07, 6.45) is 2.41. The van der Waals surface area contributed by atoms with Crippen molar-refractivity contribution in [1.29, 1.82) is 0 Å². The number of ether oxygens (including phenoxy) is 2. The standard InChI is InChI=1S/C19H20INO3/c1-23-18-10-12-7-8-17(21-22)15(14(12)11-19(18)24-2)9-13-5-3-4-6-16(13)20/h3-6,10-11,15,22H,7-9H2,1-2H3/b21-17+. The second-order valence-corrected chi connectivity index (χ2v) is 7.01. The van der Waals surface area contributed by atoms with Gasteiger partial charge in [0.25, 0.3) is 0 Å². The van der Waals surface area contributed by atoms with E-state index in [2.05, 4.69) is 39.9 Å². The zero-order chi connectivity index (χ0) is 17.1. The van der Waals surface area contributed by atoms with E-state index in [1.54, 1.807) is 14.2 Å². The van der Waals surface area contributed by atoms with Gasteiger partial charge in [0.15, 0.2) is 11.5 Å². The number of oxime groups is 1. The van der Waals surface area contributed by atoms with Crippen LogP contribution in [0.1, 0.15) is 29.0 Å². The molecule has 3 rings (SSSR count). The summed E-state index contributed by atoms with van der Waals surface area (Å²) in [5, 5.41) is 13.1. The highest BCUT2D eigenvalue weighted by atomic mass is 127. The van der Waals surface area contributed by atoms with Crippen molar-refractivity contribution in [2.45, 2.75) is 25.2 Å². The lowest BCUT2D eigenvalue weighted by molar-refractivity contribution is 0.314. The quantitative estimate of drug-likeness (QED) is 0.438. The summed E-state index contributed by atoms with van der Waals surface area (Å²) >= 11 is 2.35. The van der Waals surface area contributed by atoms with Gasteiger partial charge in [-0.05, 0) is 76.7 Å². The highest BCUT2D eigenvalue weighted by Gasteiger charge is 2.29. The van der Waals surface area contributed by atoms with Gasteiger partial charge in [0.1, 0.15) is 0 Å². The van der Waals surface area contributed by atoms with Crippen molar-refractivity contribution in [1.82, 2.24) is 0 Å². The van der Waals surface area contributed by atoms with E-state index in [0.717, 1.165) is 36.3 Å². The number of methoxy groups -OCH3 is 2. The summed E-state index contributed by atoms with van der Waals surface area (Å²) in [4.78, 5) is 0. The number of nitrogens with zero attached hydrogens (tertiary/aromatic N) is 1. The maximum atomic E-state index is 9.49. The molecule has 0 bridgehead atoms. The van der Waals surface area contributed by atoms with E-state index >= 15 is 0 Å². The molecule has 4 nitrogen and oxygen atoms in total. The van der Waals surface area contributed by atoms with Gasteiger partial charge in [0, 0.05) is 9.49 Å². The molecule has 1 unspecified atom stereocenters. The summed E-state index contributed by atoms with van der Waals surface area (Å²) in [5.74, 6) is 1.51. The maximum Gasteiger partial charge on any atom is 0.161 e. The molecule has 24 heavy (non-hydrogen) atoms. The molecule has 0 saturated heterocycles. The fourth-order valence-electron chi connectivity index (χ4n) is 3.33. The molecule has 2 aromatic carbocycles. The third-order valence-electron chi connectivity index (χ3n) is 4.58. The molecule has 0 spiro atoms. The molecular formula is C19H20INO3. The van der Waals surface area contributed by atoms with E-state index in [0.29, 0.717) is 5.75 Å². The van der Waals surface area contributed by atoms with E-state index < -0.39 is 0 Å². The smallest absolute Gasteiger partial charge is 0.161 e. The van der Waals surface area contributed by atoms with Crippen molar-refractivity contribution in [2.24, 2.45) is 5.16 Å². The Morgan fingerprint density at radius 1 is 1.12 bits per heavy atom. The Labute approximate surface area is 155 Å². The number of hydrogen-bond acceptors (Lipinski definition) is 4. The van der Waals surface area contributed by atoms with E-state index in [4.69, 9.17) is 9.47 Å². The van der Waals surface area contributed by atoms with E-state index in [1.165, 1.54) is 14.7 Å². The van der Waals surface area contributed by atoms with Crippen molar-refractivity contribution in [3.8, 4) is 11.5 Å². The summed E-state index contributed by atoms with van der Waals surface area (Å²) < 4.78 is 12.1. The van der Waals surface area contributed by atoms with Gasteiger partial charge in [0.05, 0.1) is 19.9 Å². The highest BCUT2D eigenvalue weighted by molar-refractivity contribution is 14.1. The number of halogens is 1. The highest BCUT2D eigenvalue weighted by Crippen LogP contribution is 2.39. The molecule has 0 aliphatic heterocycles. The average molecular weight is 437 g/mol. The Morgan fingerprint density at radius 2 is 1.83 bits per heavy atom. The van der Waals surface area contributed by atoms with Crippen LogP contribution in [0, 0.1) is 3.57 Å². The molecule has 0 amide bonds. The third kappa shape index (κ3) is 3.22. The molecule has 1 aliphatic rings. The van der Waals surface area contributed by atoms with Gasteiger partial charge in [-0.15, -0.1) is 0 Å². The molecule has 0 saturated carbocycles. The molecule has 0 radical (unpaired) electrons. The third-order valence-corrected chi connectivity index (χ3v) is 5.64. The lowest BCUT2D eigenvalue weighted by Crippen LogP contribution is -2.23. The van der Waals surface area contributed by atoms with Crippen LogP contribution < -0.4 is 9.47 Å². The van der Waals surface area contributed by atoms with Crippen LogP contribution in [0.5, 0.6) is 11.5 Å². The molecule has 126 valence electrons. The molecule has 5 heteroatoms. The SMILES string of the molecule is COc1cc2c(cc1OC)C(Cc1ccccc1I)/C(=N/O)CC2. The zero-order valence-corrected chi connectivity index (χ0v) is 15.9. The van der Waals surface area contributed by atoms with Crippen LogP contribution in [0.2, 0.25) is 0 Å². The monoisotopic (exact) mass is 437 g/mol. The molecule has 0 fully saturated rings. The van der Waals surface area contributed by atoms with Crippen LogP contribution in [-0.2, 0) is 12.8 Å². The van der Waals surface area contributed by atoms with E-state index in [-0.39, 0.29) is 5.92 Å². The predicted molar refractivity (Wildman–Crippen MR) is 103 cm³/mol. The fraction of sp³-hybridized carbons (Fsp3) is 0.316. The zero-order valence-electron chi connectivity index (χ0n) is 13.8. The molecule has 2 aromatic rings. The molecule has 1 N–H and O–H groups in total. The normalized spacial score (nSPS) is 18.3. The minimum absolute atomic E-state index is 0.0504. The second kappa shape index (κ2) is 7.42. The minimum atomic E-state index is 0.0504. The predicted octanol–water partition coefficient (Wildman–Crippen LogP) is 4.41. The first kappa shape index (κ1) is 17.1. The van der Waals surface area contributed by atoms with Crippen LogP contribution in [-0.4, -0.2) is 25.1 Å². The average Bonchev–Trinajstić information content (AvgIpc) is 2.62. The van der Waals surface area contributed by atoms with Crippen LogP contribution in [0.4, 0.5) is 0 Å². The lowest BCUT2D eigenvalue weighted by Gasteiger charge is -2.28. The summed E-state index contributed by atoms with van der Waals surface area (Å²) in [5.41, 5.74) is 4.48. The molecule has 0 aromatic heterocycles. The summed E-state index contributed by atoms with van der Waals surface area (Å²) in [7, 11) is 3.29. The van der Waals surface area contributed by atoms with Crippen LogP contribution >= 0.6 is 22.6 Å². The van der Waals surface area contributed by atoms with Gasteiger partial charge in [0.2, 0.25) is 0 Å². The van der Waals surface area contributed by atoms with Gasteiger partial charge < -0.3 is 14.7 Å². The first-order chi connectivity index (χ1) is 11.7. The molecular weight excluding hydrogens is 417 g/mol. The molecule has 0 heterocycles. The molecule has 1 atom stereocenters. The van der Waals surface area contributed by atoms with Gasteiger partial charge in [-0.3, -0.25) is 0 Å². The van der Waals surface area contributed by atoms with Crippen molar-refractivity contribution >= 4 is 28.3 Å². The Kier molecular flexibility index (Phi) is 5.28. The van der Waals surface area contributed by atoms with Crippen LogP contribution in [0.25, 0.3) is 0 Å². The van der Waals surface area contributed by atoms with Crippen molar-refractivity contribution in [2.75, 3.05) is 14.2 Å². The minimum Gasteiger partial charge on any atom is -0.493 e. The number of hydrogen-bond donors (Lipinski definition) is 1.